The number of nitrogens with zero attached hydrogens (tertiary/aromatic N) is 2. The predicted molar refractivity (Wildman–Crippen MR) is 77.0 cm³/mol. The summed E-state index contributed by atoms with van der Waals surface area (Å²) in [7, 11) is 0. The highest BCUT2D eigenvalue weighted by atomic mass is 35.5. The molecule has 1 atom stereocenters. The van der Waals surface area contributed by atoms with Crippen molar-refractivity contribution in [1.82, 2.24) is 4.90 Å². The van der Waals surface area contributed by atoms with Gasteiger partial charge in [-0.25, -0.2) is 4.39 Å². The Kier molecular flexibility index (Phi) is 5.12. The van der Waals surface area contributed by atoms with Crippen LogP contribution in [0.4, 0.5) is 10.1 Å². The van der Waals surface area contributed by atoms with Gasteiger partial charge in [0.2, 0.25) is 0 Å². The lowest BCUT2D eigenvalue weighted by atomic mass is 9.95. The number of likely N-dealkylation sites (tertiary alicyclic amines) is 1. The van der Waals surface area contributed by atoms with Gasteiger partial charge >= 0.3 is 0 Å². The summed E-state index contributed by atoms with van der Waals surface area (Å²) in [5.41, 5.74) is -0.549. The molecule has 1 fully saturated rings. The van der Waals surface area contributed by atoms with Crippen LogP contribution in [0, 0.1) is 21.8 Å². The number of amides is 1. The number of alkyl halides is 1. The molecule has 0 radical (unpaired) electrons. The van der Waals surface area contributed by atoms with Crippen molar-refractivity contribution < 1.29 is 14.1 Å². The molecule has 1 aliphatic heterocycles. The molecule has 0 spiro atoms. The second-order valence-electron chi connectivity index (χ2n) is 5.16. The van der Waals surface area contributed by atoms with E-state index in [0.29, 0.717) is 24.9 Å². The largest absolute Gasteiger partial charge is 0.338 e. The fourth-order valence-electron chi connectivity index (χ4n) is 2.65. The molecule has 0 aliphatic carbocycles. The Morgan fingerprint density at radius 3 is 2.95 bits per heavy atom. The van der Waals surface area contributed by atoms with Gasteiger partial charge in [0.15, 0.2) is 0 Å². The molecule has 1 heterocycles. The lowest BCUT2D eigenvalue weighted by Gasteiger charge is -2.32. The molecule has 1 unspecified atom stereocenters. The van der Waals surface area contributed by atoms with Crippen LogP contribution in [0.25, 0.3) is 0 Å². The van der Waals surface area contributed by atoms with E-state index in [9.17, 15) is 19.3 Å². The summed E-state index contributed by atoms with van der Waals surface area (Å²) in [4.78, 5) is 24.3. The summed E-state index contributed by atoms with van der Waals surface area (Å²) in [6.07, 6.45) is 2.67. The normalized spacial score (nSPS) is 18.6. The number of carbonyl (C=O) groups excluding carboxylic acids is 1. The van der Waals surface area contributed by atoms with Gasteiger partial charge in [0.1, 0.15) is 11.4 Å². The van der Waals surface area contributed by atoms with E-state index >= 15 is 0 Å². The Labute approximate surface area is 126 Å². The molecular weight excluding hydrogens is 299 g/mol. The average Bonchev–Trinajstić information content (AvgIpc) is 2.47. The molecule has 1 aromatic carbocycles. The van der Waals surface area contributed by atoms with Crippen LogP contribution in [0.5, 0.6) is 0 Å². The molecule has 5 nitrogen and oxygen atoms in total. The topological polar surface area (TPSA) is 63.4 Å². The predicted octanol–water partition coefficient (Wildman–Crippen LogP) is 3.22. The molecule has 1 aromatic rings. The van der Waals surface area contributed by atoms with E-state index in [1.807, 2.05) is 0 Å². The van der Waals surface area contributed by atoms with Gasteiger partial charge in [-0.15, -0.1) is 11.6 Å². The van der Waals surface area contributed by atoms with Crippen LogP contribution < -0.4 is 0 Å². The SMILES string of the molecule is O=C(c1ccc(F)cc1[N+](=O)[O-])N1CCCC(CCCl)C1. The minimum absolute atomic E-state index is 0.0621. The quantitative estimate of drug-likeness (QED) is 0.487. The lowest BCUT2D eigenvalue weighted by molar-refractivity contribution is -0.385. The standard InChI is InChI=1S/C14H16ClFN2O3/c15-6-5-10-2-1-7-17(9-10)14(19)12-4-3-11(16)8-13(12)18(20)21/h3-4,8,10H,1-2,5-7,9H2. The summed E-state index contributed by atoms with van der Waals surface area (Å²) in [6.45, 7) is 1.10. The van der Waals surface area contributed by atoms with Gasteiger partial charge in [-0.1, -0.05) is 0 Å². The van der Waals surface area contributed by atoms with Crippen LogP contribution >= 0.6 is 11.6 Å². The molecule has 0 N–H and O–H groups in total. The highest BCUT2D eigenvalue weighted by Gasteiger charge is 2.28. The molecule has 21 heavy (non-hydrogen) atoms. The van der Waals surface area contributed by atoms with Crippen LogP contribution in [0.15, 0.2) is 18.2 Å². The number of nitro groups is 1. The van der Waals surface area contributed by atoms with E-state index in [1.54, 1.807) is 4.90 Å². The highest BCUT2D eigenvalue weighted by molar-refractivity contribution is 6.17. The van der Waals surface area contributed by atoms with Gasteiger partial charge in [0, 0.05) is 19.0 Å². The van der Waals surface area contributed by atoms with Crippen molar-refractivity contribution in [3.8, 4) is 0 Å². The van der Waals surface area contributed by atoms with Gasteiger partial charge in [-0.3, -0.25) is 14.9 Å². The molecule has 0 saturated carbocycles. The Balaban J connectivity index is 2.21. The molecule has 7 heteroatoms. The number of hydrogen-bond donors (Lipinski definition) is 0. The van der Waals surface area contributed by atoms with Gasteiger partial charge < -0.3 is 4.90 Å². The molecular formula is C14H16ClFN2O3. The number of nitro benzene ring substituents is 1. The van der Waals surface area contributed by atoms with Gasteiger partial charge in [0.25, 0.3) is 11.6 Å². The van der Waals surface area contributed by atoms with E-state index in [1.165, 1.54) is 6.07 Å². The van der Waals surface area contributed by atoms with Gasteiger partial charge in [-0.2, -0.15) is 0 Å². The first-order valence-corrected chi connectivity index (χ1v) is 7.35. The minimum atomic E-state index is -0.726. The van der Waals surface area contributed by atoms with E-state index < -0.39 is 22.3 Å². The Hall–Kier alpha value is -1.69. The van der Waals surface area contributed by atoms with Crippen LogP contribution in [0.3, 0.4) is 0 Å². The number of benzene rings is 1. The third-order valence-corrected chi connectivity index (χ3v) is 3.93. The molecule has 0 bridgehead atoms. The zero-order valence-corrected chi connectivity index (χ0v) is 12.2. The number of hydrogen-bond acceptors (Lipinski definition) is 3. The van der Waals surface area contributed by atoms with Gasteiger partial charge in [-0.05, 0) is 37.3 Å². The first kappa shape index (κ1) is 15.7. The number of carbonyl (C=O) groups is 1. The smallest absolute Gasteiger partial charge is 0.285 e. The summed E-state index contributed by atoms with van der Waals surface area (Å²) in [5.74, 6) is -0.291. The van der Waals surface area contributed by atoms with Crippen molar-refractivity contribution in [3.05, 3.63) is 39.7 Å². The third kappa shape index (κ3) is 3.69. The van der Waals surface area contributed by atoms with Crippen LogP contribution in [-0.4, -0.2) is 34.7 Å². The second kappa shape index (κ2) is 6.85. The number of piperidine rings is 1. The molecule has 2 rings (SSSR count). The molecule has 1 saturated heterocycles. The zero-order chi connectivity index (χ0) is 15.4. The number of rotatable bonds is 4. The second-order valence-corrected chi connectivity index (χ2v) is 5.53. The summed E-state index contributed by atoms with van der Waals surface area (Å²) in [5, 5.41) is 11.0. The van der Waals surface area contributed by atoms with E-state index in [-0.39, 0.29) is 5.56 Å². The van der Waals surface area contributed by atoms with Crippen molar-refractivity contribution in [2.24, 2.45) is 5.92 Å². The van der Waals surface area contributed by atoms with E-state index in [2.05, 4.69) is 0 Å². The molecule has 114 valence electrons. The average molecular weight is 315 g/mol. The molecule has 1 amide bonds. The van der Waals surface area contributed by atoms with Crippen molar-refractivity contribution >= 4 is 23.2 Å². The fourth-order valence-corrected chi connectivity index (χ4v) is 2.96. The van der Waals surface area contributed by atoms with Crippen LogP contribution in [-0.2, 0) is 0 Å². The third-order valence-electron chi connectivity index (χ3n) is 3.71. The van der Waals surface area contributed by atoms with Crippen molar-refractivity contribution in [1.29, 1.82) is 0 Å². The van der Waals surface area contributed by atoms with Crippen molar-refractivity contribution in [2.75, 3.05) is 19.0 Å². The highest BCUT2D eigenvalue weighted by Crippen LogP contribution is 2.25. The maximum atomic E-state index is 13.1. The maximum Gasteiger partial charge on any atom is 0.285 e. The molecule has 1 aliphatic rings. The molecule has 0 aromatic heterocycles. The fraction of sp³-hybridized carbons (Fsp3) is 0.500. The van der Waals surface area contributed by atoms with E-state index in [4.69, 9.17) is 11.6 Å². The van der Waals surface area contributed by atoms with E-state index in [0.717, 1.165) is 31.4 Å². The first-order chi connectivity index (χ1) is 10.0. The Morgan fingerprint density at radius 2 is 2.29 bits per heavy atom. The van der Waals surface area contributed by atoms with Crippen molar-refractivity contribution in [3.63, 3.8) is 0 Å². The van der Waals surface area contributed by atoms with Crippen molar-refractivity contribution in [2.45, 2.75) is 19.3 Å². The number of halogens is 2. The van der Waals surface area contributed by atoms with Crippen LogP contribution in [0.1, 0.15) is 29.6 Å². The van der Waals surface area contributed by atoms with Gasteiger partial charge in [0.05, 0.1) is 11.0 Å². The summed E-state index contributed by atoms with van der Waals surface area (Å²) in [6, 6.07) is 3.04. The monoisotopic (exact) mass is 314 g/mol. The lowest BCUT2D eigenvalue weighted by Crippen LogP contribution is -2.40. The summed E-state index contributed by atoms with van der Waals surface area (Å²) >= 11 is 5.73. The maximum absolute atomic E-state index is 13.1. The Morgan fingerprint density at radius 1 is 1.52 bits per heavy atom. The summed E-state index contributed by atoms with van der Waals surface area (Å²) < 4.78 is 13.1. The first-order valence-electron chi connectivity index (χ1n) is 6.82. The van der Waals surface area contributed by atoms with Crippen LogP contribution in [0.2, 0.25) is 0 Å². The Bertz CT molecular complexity index is 551. The zero-order valence-electron chi connectivity index (χ0n) is 11.4. The minimum Gasteiger partial charge on any atom is -0.338 e.